The second-order valence-electron chi connectivity index (χ2n) is 7.14. The van der Waals surface area contributed by atoms with E-state index in [4.69, 9.17) is 0 Å². The van der Waals surface area contributed by atoms with E-state index in [1.165, 1.54) is 16.2 Å². The van der Waals surface area contributed by atoms with Crippen LogP contribution >= 0.6 is 24.0 Å². The van der Waals surface area contributed by atoms with E-state index in [0.29, 0.717) is 25.5 Å². The van der Waals surface area contributed by atoms with E-state index in [2.05, 4.69) is 44.8 Å². The number of nitrogens with zero attached hydrogens (tertiary/aromatic N) is 3. The van der Waals surface area contributed by atoms with E-state index in [-0.39, 0.29) is 30.0 Å². The van der Waals surface area contributed by atoms with Gasteiger partial charge in [0.05, 0.1) is 6.54 Å². The predicted molar refractivity (Wildman–Crippen MR) is 120 cm³/mol. The minimum atomic E-state index is -4.14. The molecule has 1 aliphatic heterocycles. The van der Waals surface area contributed by atoms with E-state index in [9.17, 15) is 13.2 Å². The van der Waals surface area contributed by atoms with Crippen molar-refractivity contribution in [3.63, 3.8) is 0 Å². The molecule has 0 aliphatic carbocycles. The van der Waals surface area contributed by atoms with Crippen LogP contribution in [0.15, 0.2) is 29.3 Å². The molecule has 0 spiro atoms. The number of guanidine groups is 1. The Morgan fingerprint density at radius 3 is 2.50 bits per heavy atom. The number of aliphatic imine (C=N–C) groups is 1. The maximum Gasteiger partial charge on any atom is 0.401 e. The Kier molecular flexibility index (Phi) is 10.4. The van der Waals surface area contributed by atoms with Crippen molar-refractivity contribution in [1.82, 2.24) is 15.5 Å². The molecule has 1 fully saturated rings. The highest BCUT2D eigenvalue weighted by Gasteiger charge is 2.34. The zero-order chi connectivity index (χ0) is 19.9. The van der Waals surface area contributed by atoms with Crippen LogP contribution in [0.25, 0.3) is 0 Å². The van der Waals surface area contributed by atoms with Crippen molar-refractivity contribution in [2.24, 2.45) is 4.99 Å². The fourth-order valence-corrected chi connectivity index (χ4v) is 3.20. The van der Waals surface area contributed by atoms with Crippen molar-refractivity contribution in [1.29, 1.82) is 0 Å². The molecule has 0 amide bonds. The summed E-state index contributed by atoms with van der Waals surface area (Å²) in [6.45, 7) is 0.757. The highest BCUT2D eigenvalue weighted by atomic mass is 127. The van der Waals surface area contributed by atoms with Crippen LogP contribution in [0.3, 0.4) is 0 Å². The van der Waals surface area contributed by atoms with Crippen molar-refractivity contribution in [2.45, 2.75) is 31.5 Å². The van der Waals surface area contributed by atoms with Crippen LogP contribution in [0.2, 0.25) is 0 Å². The third kappa shape index (κ3) is 8.85. The van der Waals surface area contributed by atoms with Crippen LogP contribution in [0.1, 0.15) is 18.4 Å². The van der Waals surface area contributed by atoms with Crippen LogP contribution in [-0.2, 0) is 6.42 Å². The summed E-state index contributed by atoms with van der Waals surface area (Å²) < 4.78 is 37.4. The molecule has 160 valence electrons. The number of rotatable bonds is 7. The van der Waals surface area contributed by atoms with Crippen molar-refractivity contribution < 1.29 is 13.2 Å². The van der Waals surface area contributed by atoms with E-state index in [0.717, 1.165) is 19.4 Å². The first-order valence-electron chi connectivity index (χ1n) is 9.29. The second kappa shape index (κ2) is 11.7. The summed E-state index contributed by atoms with van der Waals surface area (Å²) >= 11 is 0. The van der Waals surface area contributed by atoms with Gasteiger partial charge in [0.2, 0.25) is 0 Å². The molecule has 1 unspecified atom stereocenters. The molecule has 0 radical (unpaired) electrons. The minimum absolute atomic E-state index is 0. The zero-order valence-electron chi connectivity index (χ0n) is 16.7. The molecule has 1 aromatic carbocycles. The Morgan fingerprint density at radius 2 is 1.93 bits per heavy atom. The summed E-state index contributed by atoms with van der Waals surface area (Å²) in [5, 5.41) is 6.47. The summed E-state index contributed by atoms with van der Waals surface area (Å²) in [6, 6.07) is 8.48. The number of hydrogen-bond donors (Lipinski definition) is 2. The van der Waals surface area contributed by atoms with Gasteiger partial charge >= 0.3 is 6.18 Å². The van der Waals surface area contributed by atoms with Gasteiger partial charge in [0.1, 0.15) is 0 Å². The predicted octanol–water partition coefficient (Wildman–Crippen LogP) is 3.10. The van der Waals surface area contributed by atoms with E-state index in [1.807, 2.05) is 14.1 Å². The Labute approximate surface area is 182 Å². The number of hydrogen-bond acceptors (Lipinski definition) is 3. The van der Waals surface area contributed by atoms with E-state index in [1.54, 1.807) is 7.05 Å². The maximum absolute atomic E-state index is 12.5. The number of halogens is 4. The molecule has 1 aliphatic rings. The van der Waals surface area contributed by atoms with Crippen LogP contribution in [0, 0.1) is 0 Å². The van der Waals surface area contributed by atoms with Crippen LogP contribution in [-0.4, -0.2) is 70.4 Å². The van der Waals surface area contributed by atoms with E-state index < -0.39 is 12.7 Å². The standard InChI is InChI=1S/C19H30F3N5.HI/c1-23-18(25-16-10-12-27(13-16)14-19(20,21)22)24-11-4-5-15-6-8-17(9-7-15)26(2)3;/h6-9,16H,4-5,10-14H2,1-3H3,(H2,23,24,25);1H. The van der Waals surface area contributed by atoms with Gasteiger partial charge in [-0.05, 0) is 37.0 Å². The van der Waals surface area contributed by atoms with Crippen LogP contribution in [0.5, 0.6) is 0 Å². The first kappa shape index (κ1) is 24.8. The maximum atomic E-state index is 12.5. The monoisotopic (exact) mass is 513 g/mol. The van der Waals surface area contributed by atoms with Gasteiger partial charge in [0, 0.05) is 52.5 Å². The number of alkyl halides is 3. The number of aryl methyl sites for hydroxylation is 1. The lowest BCUT2D eigenvalue weighted by Crippen LogP contribution is -2.45. The summed E-state index contributed by atoms with van der Waals surface area (Å²) in [5.74, 6) is 0.650. The smallest absolute Gasteiger partial charge is 0.378 e. The molecule has 9 heteroatoms. The fraction of sp³-hybridized carbons (Fsp3) is 0.632. The largest absolute Gasteiger partial charge is 0.401 e. The fourth-order valence-electron chi connectivity index (χ4n) is 3.20. The second-order valence-corrected chi connectivity index (χ2v) is 7.14. The zero-order valence-corrected chi connectivity index (χ0v) is 19.1. The Morgan fingerprint density at radius 1 is 1.25 bits per heavy atom. The Bertz CT molecular complexity index is 605. The van der Waals surface area contributed by atoms with Gasteiger partial charge < -0.3 is 15.5 Å². The lowest BCUT2D eigenvalue weighted by Gasteiger charge is -2.19. The number of nitrogens with one attached hydrogen (secondary N) is 2. The Hall–Kier alpha value is -1.23. The van der Waals surface area contributed by atoms with E-state index >= 15 is 0 Å². The van der Waals surface area contributed by atoms with Crippen molar-refractivity contribution in [2.75, 3.05) is 52.2 Å². The molecule has 0 bridgehead atoms. The van der Waals surface area contributed by atoms with Crippen molar-refractivity contribution >= 4 is 35.6 Å². The molecule has 2 rings (SSSR count). The third-order valence-electron chi connectivity index (χ3n) is 4.63. The summed E-state index contributed by atoms with van der Waals surface area (Å²) in [5.41, 5.74) is 2.46. The molecular weight excluding hydrogens is 482 g/mol. The van der Waals surface area contributed by atoms with Gasteiger partial charge in [0.15, 0.2) is 5.96 Å². The average molecular weight is 513 g/mol. The lowest BCUT2D eigenvalue weighted by atomic mass is 10.1. The summed E-state index contributed by atoms with van der Waals surface area (Å²) in [4.78, 5) is 7.68. The highest BCUT2D eigenvalue weighted by molar-refractivity contribution is 14.0. The van der Waals surface area contributed by atoms with Gasteiger partial charge in [0.25, 0.3) is 0 Å². The molecule has 1 aromatic rings. The van der Waals surface area contributed by atoms with Gasteiger partial charge in [-0.25, -0.2) is 0 Å². The lowest BCUT2D eigenvalue weighted by molar-refractivity contribution is -0.143. The number of benzene rings is 1. The normalized spacial score (nSPS) is 17.9. The molecule has 5 nitrogen and oxygen atoms in total. The quantitative estimate of drug-likeness (QED) is 0.255. The van der Waals surface area contributed by atoms with Crippen LogP contribution < -0.4 is 15.5 Å². The first-order chi connectivity index (χ1) is 12.8. The molecule has 1 saturated heterocycles. The van der Waals surface area contributed by atoms with Crippen LogP contribution in [0.4, 0.5) is 18.9 Å². The summed E-state index contributed by atoms with van der Waals surface area (Å²) in [6.07, 6.45) is -1.54. The van der Waals surface area contributed by atoms with Gasteiger partial charge in [-0.1, -0.05) is 12.1 Å². The number of anilines is 1. The average Bonchev–Trinajstić information content (AvgIpc) is 3.02. The molecule has 0 aromatic heterocycles. The molecule has 1 atom stereocenters. The number of likely N-dealkylation sites (tertiary alicyclic amines) is 1. The molecular formula is C19H31F3IN5. The topological polar surface area (TPSA) is 42.9 Å². The molecule has 28 heavy (non-hydrogen) atoms. The first-order valence-corrected chi connectivity index (χ1v) is 9.29. The van der Waals surface area contributed by atoms with Gasteiger partial charge in [-0.3, -0.25) is 9.89 Å². The van der Waals surface area contributed by atoms with Gasteiger partial charge in [-0.2, -0.15) is 13.2 Å². The Balaban J connectivity index is 0.00000392. The van der Waals surface area contributed by atoms with Gasteiger partial charge in [-0.15, -0.1) is 24.0 Å². The van der Waals surface area contributed by atoms with Crippen molar-refractivity contribution in [3.05, 3.63) is 29.8 Å². The molecule has 0 saturated carbocycles. The highest BCUT2D eigenvalue weighted by Crippen LogP contribution is 2.20. The summed E-state index contributed by atoms with van der Waals surface area (Å²) in [7, 11) is 5.71. The SMILES string of the molecule is CN=C(NCCCc1ccc(N(C)C)cc1)NC1CCN(CC(F)(F)F)C1.I. The molecule has 2 N–H and O–H groups in total. The molecule has 1 heterocycles. The minimum Gasteiger partial charge on any atom is -0.378 e. The van der Waals surface area contributed by atoms with Crippen molar-refractivity contribution in [3.8, 4) is 0 Å². The third-order valence-corrected chi connectivity index (χ3v) is 4.63.